The highest BCUT2D eigenvalue weighted by Gasteiger charge is 2.19. The van der Waals surface area contributed by atoms with Crippen molar-refractivity contribution >= 4 is 16.1 Å². The average Bonchev–Trinajstić information content (AvgIpc) is 2.47. The fraction of sp³-hybridized carbons (Fsp3) is 0.562. The highest BCUT2D eigenvalue weighted by atomic mass is 32.2. The molecule has 23 heavy (non-hydrogen) atoms. The van der Waals surface area contributed by atoms with Gasteiger partial charge in [0, 0.05) is 13.1 Å². The molecule has 1 rings (SSSR count). The molecule has 0 heterocycles. The van der Waals surface area contributed by atoms with Gasteiger partial charge in [-0.05, 0) is 36.5 Å². The minimum Gasteiger partial charge on any atom is -0.270 e. The van der Waals surface area contributed by atoms with Gasteiger partial charge in [-0.3, -0.25) is 5.43 Å². The van der Waals surface area contributed by atoms with E-state index in [-0.39, 0.29) is 4.90 Å². The van der Waals surface area contributed by atoms with Crippen LogP contribution < -0.4 is 10.1 Å². The zero-order valence-corrected chi connectivity index (χ0v) is 15.1. The number of benzene rings is 1. The first-order valence-electron chi connectivity index (χ1n) is 7.98. The third-order valence-electron chi connectivity index (χ3n) is 3.33. The minimum atomic E-state index is -3.87. The highest BCUT2D eigenvalue weighted by Crippen LogP contribution is 2.17. The lowest BCUT2D eigenvalue weighted by Gasteiger charge is -2.22. The number of nitrogens with one attached hydrogen (secondary N) is 2. The molecule has 0 aliphatic heterocycles. The number of hydrogen-bond donors (Lipinski definition) is 2. The van der Waals surface area contributed by atoms with E-state index in [1.54, 1.807) is 17.1 Å². The fourth-order valence-corrected chi connectivity index (χ4v) is 3.04. The van der Waals surface area contributed by atoms with Gasteiger partial charge in [0.25, 0.3) is 10.0 Å². The summed E-state index contributed by atoms with van der Waals surface area (Å²) in [5.41, 5.74) is 3.63. The van der Waals surface area contributed by atoms with Gasteiger partial charge in [0.15, 0.2) is 0 Å². The van der Waals surface area contributed by atoms with E-state index in [0.717, 1.165) is 18.4 Å². The standard InChI is InChI=1S/C16H27N3O3S/c1-5-11-19(12-6-2)17-16(20)18-23(21,22)15-9-7-14(8-10-15)13(3)4/h7-10,13H,5-6,11-12H2,1-4H3,(H2,17,18,20). The Morgan fingerprint density at radius 3 is 2.04 bits per heavy atom. The van der Waals surface area contributed by atoms with Crippen LogP contribution in [0.5, 0.6) is 0 Å². The predicted molar refractivity (Wildman–Crippen MR) is 91.5 cm³/mol. The molecule has 6 nitrogen and oxygen atoms in total. The van der Waals surface area contributed by atoms with Crippen molar-refractivity contribution in [2.45, 2.75) is 51.3 Å². The molecule has 0 saturated carbocycles. The van der Waals surface area contributed by atoms with Crippen LogP contribution in [-0.4, -0.2) is 32.5 Å². The SMILES string of the molecule is CCCN(CCC)NC(=O)NS(=O)(=O)c1ccc(C(C)C)cc1. The molecule has 0 spiro atoms. The van der Waals surface area contributed by atoms with E-state index in [1.165, 1.54) is 12.1 Å². The second kappa shape index (κ2) is 8.88. The van der Waals surface area contributed by atoms with Gasteiger partial charge in [-0.15, -0.1) is 0 Å². The molecule has 0 aliphatic carbocycles. The lowest BCUT2D eigenvalue weighted by Crippen LogP contribution is -2.49. The van der Waals surface area contributed by atoms with Gasteiger partial charge in [0.05, 0.1) is 4.90 Å². The molecule has 0 aromatic heterocycles. The van der Waals surface area contributed by atoms with E-state index >= 15 is 0 Å². The van der Waals surface area contributed by atoms with Gasteiger partial charge >= 0.3 is 6.03 Å². The summed E-state index contributed by atoms with van der Waals surface area (Å²) in [5, 5.41) is 1.71. The number of carbonyl (C=O) groups excluding carboxylic acids is 1. The number of nitrogens with zero attached hydrogens (tertiary/aromatic N) is 1. The van der Waals surface area contributed by atoms with Crippen LogP contribution in [0.2, 0.25) is 0 Å². The second-order valence-electron chi connectivity index (χ2n) is 5.76. The Morgan fingerprint density at radius 1 is 1.09 bits per heavy atom. The molecule has 0 atom stereocenters. The Bertz CT molecular complexity index is 592. The van der Waals surface area contributed by atoms with Crippen LogP contribution in [0.1, 0.15) is 52.0 Å². The lowest BCUT2D eigenvalue weighted by molar-refractivity contribution is 0.180. The molecule has 0 radical (unpaired) electrons. The first-order chi connectivity index (χ1) is 10.8. The Balaban J connectivity index is 2.75. The summed E-state index contributed by atoms with van der Waals surface area (Å²) in [6, 6.07) is 5.82. The van der Waals surface area contributed by atoms with Crippen molar-refractivity contribution in [2.75, 3.05) is 13.1 Å². The molecule has 130 valence electrons. The number of sulfonamides is 1. The van der Waals surface area contributed by atoms with Crippen LogP contribution in [-0.2, 0) is 10.0 Å². The summed E-state index contributed by atoms with van der Waals surface area (Å²) < 4.78 is 26.5. The third kappa shape index (κ3) is 6.19. The number of urea groups is 1. The smallest absolute Gasteiger partial charge is 0.270 e. The number of hydrogen-bond acceptors (Lipinski definition) is 4. The van der Waals surface area contributed by atoms with E-state index in [4.69, 9.17) is 0 Å². The third-order valence-corrected chi connectivity index (χ3v) is 4.68. The van der Waals surface area contributed by atoms with Gasteiger partial charge in [-0.1, -0.05) is 39.8 Å². The number of hydrazine groups is 1. The topological polar surface area (TPSA) is 78.5 Å². The quantitative estimate of drug-likeness (QED) is 0.713. The molecule has 0 aliphatic rings. The largest absolute Gasteiger partial charge is 0.343 e. The summed E-state index contributed by atoms with van der Waals surface area (Å²) >= 11 is 0. The number of amides is 2. The molecule has 1 aromatic rings. The molecule has 0 fully saturated rings. The molecule has 1 aromatic carbocycles. The molecule has 0 unspecified atom stereocenters. The summed E-state index contributed by atoms with van der Waals surface area (Å²) in [5.74, 6) is 0.319. The van der Waals surface area contributed by atoms with Crippen LogP contribution in [0.15, 0.2) is 29.2 Å². The minimum absolute atomic E-state index is 0.0783. The van der Waals surface area contributed by atoms with Crippen molar-refractivity contribution in [2.24, 2.45) is 0 Å². The lowest BCUT2D eigenvalue weighted by atomic mass is 10.0. The zero-order chi connectivity index (χ0) is 17.5. The Morgan fingerprint density at radius 2 is 1.61 bits per heavy atom. The van der Waals surface area contributed by atoms with Crippen molar-refractivity contribution in [3.05, 3.63) is 29.8 Å². The maximum Gasteiger partial charge on any atom is 0.343 e. The van der Waals surface area contributed by atoms with E-state index in [0.29, 0.717) is 19.0 Å². The van der Waals surface area contributed by atoms with Crippen molar-refractivity contribution < 1.29 is 13.2 Å². The molecule has 0 saturated heterocycles. The summed E-state index contributed by atoms with van der Waals surface area (Å²) in [6.45, 7) is 9.40. The van der Waals surface area contributed by atoms with E-state index < -0.39 is 16.1 Å². The molecule has 0 bridgehead atoms. The summed E-state index contributed by atoms with van der Waals surface area (Å²) in [7, 11) is -3.87. The van der Waals surface area contributed by atoms with Gasteiger partial charge in [-0.2, -0.15) is 0 Å². The summed E-state index contributed by atoms with van der Waals surface area (Å²) in [4.78, 5) is 12.0. The number of carbonyl (C=O) groups is 1. The number of rotatable bonds is 8. The van der Waals surface area contributed by atoms with Crippen LogP contribution in [0.25, 0.3) is 0 Å². The maximum atomic E-state index is 12.2. The van der Waals surface area contributed by atoms with Crippen molar-refractivity contribution in [3.8, 4) is 0 Å². The Labute approximate surface area is 139 Å². The van der Waals surface area contributed by atoms with Gasteiger partial charge in [0.2, 0.25) is 0 Å². The van der Waals surface area contributed by atoms with Crippen LogP contribution in [0.3, 0.4) is 0 Å². The normalized spacial score (nSPS) is 11.7. The monoisotopic (exact) mass is 341 g/mol. The van der Waals surface area contributed by atoms with Crippen LogP contribution in [0.4, 0.5) is 4.79 Å². The molecule has 2 N–H and O–H groups in total. The average molecular weight is 341 g/mol. The molecular weight excluding hydrogens is 314 g/mol. The predicted octanol–water partition coefficient (Wildman–Crippen LogP) is 2.83. The van der Waals surface area contributed by atoms with Crippen molar-refractivity contribution in [1.82, 2.24) is 15.2 Å². The van der Waals surface area contributed by atoms with Gasteiger partial charge in [0.1, 0.15) is 0 Å². The van der Waals surface area contributed by atoms with Crippen LogP contribution in [0, 0.1) is 0 Å². The van der Waals surface area contributed by atoms with Crippen molar-refractivity contribution in [1.29, 1.82) is 0 Å². The highest BCUT2D eigenvalue weighted by molar-refractivity contribution is 7.90. The molecule has 7 heteroatoms. The van der Waals surface area contributed by atoms with Crippen molar-refractivity contribution in [3.63, 3.8) is 0 Å². The summed E-state index contributed by atoms with van der Waals surface area (Å²) in [6.07, 6.45) is 1.73. The van der Waals surface area contributed by atoms with Gasteiger partial charge < -0.3 is 0 Å². The van der Waals surface area contributed by atoms with E-state index in [9.17, 15) is 13.2 Å². The molecule has 2 amide bonds. The van der Waals surface area contributed by atoms with E-state index in [2.05, 4.69) is 5.43 Å². The van der Waals surface area contributed by atoms with Gasteiger partial charge in [-0.25, -0.2) is 22.9 Å². The fourth-order valence-electron chi connectivity index (χ4n) is 2.14. The zero-order valence-electron chi connectivity index (χ0n) is 14.3. The Kier molecular flexibility index (Phi) is 7.51. The maximum absolute atomic E-state index is 12.2. The first-order valence-corrected chi connectivity index (χ1v) is 9.46. The first kappa shape index (κ1) is 19.4. The van der Waals surface area contributed by atoms with E-state index in [1.807, 2.05) is 32.4 Å². The second-order valence-corrected chi connectivity index (χ2v) is 7.44. The Hall–Kier alpha value is -1.60. The molecular formula is C16H27N3O3S. The van der Waals surface area contributed by atoms with Crippen LogP contribution >= 0.6 is 0 Å².